The van der Waals surface area contributed by atoms with Gasteiger partial charge in [-0.1, -0.05) is 28.4 Å². The Morgan fingerprint density at radius 1 is 1.21 bits per heavy atom. The lowest BCUT2D eigenvalue weighted by molar-refractivity contribution is 0.0208. The summed E-state index contributed by atoms with van der Waals surface area (Å²) in [6.45, 7) is 2.15. The number of morpholine rings is 1. The summed E-state index contributed by atoms with van der Waals surface area (Å²) >= 11 is 11.9. The standard InChI is InChI=1S/C12H11Cl2N3O2/c13-8-3-7(4-9(14)5-8)12-16-11(17-19-12)10-6-15-1-2-18-10/h3-5,10,15H,1-2,6H2. The van der Waals surface area contributed by atoms with E-state index < -0.39 is 0 Å². The largest absolute Gasteiger partial charge is 0.367 e. The summed E-state index contributed by atoms with van der Waals surface area (Å²) in [6, 6.07) is 5.10. The molecule has 3 rings (SSSR count). The van der Waals surface area contributed by atoms with Crippen LogP contribution < -0.4 is 5.32 Å². The SMILES string of the molecule is Clc1cc(Cl)cc(-c2nc(C3CNCCO3)no2)c1. The maximum atomic E-state index is 5.95. The highest BCUT2D eigenvalue weighted by atomic mass is 35.5. The van der Waals surface area contributed by atoms with Crippen molar-refractivity contribution in [2.24, 2.45) is 0 Å². The molecule has 1 aromatic heterocycles. The lowest BCUT2D eigenvalue weighted by Gasteiger charge is -2.20. The van der Waals surface area contributed by atoms with Crippen LogP contribution in [0, 0.1) is 0 Å². The Hall–Kier alpha value is -1.14. The van der Waals surface area contributed by atoms with Crippen molar-refractivity contribution in [2.75, 3.05) is 19.7 Å². The highest BCUT2D eigenvalue weighted by molar-refractivity contribution is 6.35. The van der Waals surface area contributed by atoms with Crippen molar-refractivity contribution in [2.45, 2.75) is 6.10 Å². The van der Waals surface area contributed by atoms with E-state index in [1.165, 1.54) is 0 Å². The van der Waals surface area contributed by atoms with Gasteiger partial charge in [0.15, 0.2) is 0 Å². The van der Waals surface area contributed by atoms with Gasteiger partial charge in [-0.15, -0.1) is 0 Å². The second-order valence-corrected chi connectivity index (χ2v) is 5.05. The van der Waals surface area contributed by atoms with Crippen LogP contribution in [0.5, 0.6) is 0 Å². The van der Waals surface area contributed by atoms with E-state index in [1.807, 2.05) is 0 Å². The van der Waals surface area contributed by atoms with Crippen LogP contribution in [0.3, 0.4) is 0 Å². The van der Waals surface area contributed by atoms with Gasteiger partial charge in [0.2, 0.25) is 5.82 Å². The normalized spacial score (nSPS) is 19.6. The Balaban J connectivity index is 1.87. The number of rotatable bonds is 2. The highest BCUT2D eigenvalue weighted by Gasteiger charge is 2.22. The topological polar surface area (TPSA) is 60.2 Å². The van der Waals surface area contributed by atoms with Crippen LogP contribution in [-0.2, 0) is 4.74 Å². The minimum atomic E-state index is -0.180. The average Bonchev–Trinajstić information content (AvgIpc) is 2.88. The summed E-state index contributed by atoms with van der Waals surface area (Å²) in [4.78, 5) is 4.33. The van der Waals surface area contributed by atoms with E-state index in [0.29, 0.717) is 40.5 Å². The molecule has 1 aliphatic rings. The van der Waals surface area contributed by atoms with Crippen LogP contribution in [0.15, 0.2) is 22.7 Å². The van der Waals surface area contributed by atoms with Crippen molar-refractivity contribution in [3.8, 4) is 11.5 Å². The third-order valence-corrected chi connectivity index (χ3v) is 3.20. The maximum absolute atomic E-state index is 5.95. The van der Waals surface area contributed by atoms with Gasteiger partial charge in [0.25, 0.3) is 5.89 Å². The van der Waals surface area contributed by atoms with Crippen LogP contribution in [0.2, 0.25) is 10.0 Å². The van der Waals surface area contributed by atoms with E-state index in [4.69, 9.17) is 32.5 Å². The first kappa shape index (κ1) is 12.9. The number of halogens is 2. The third kappa shape index (κ3) is 2.90. The van der Waals surface area contributed by atoms with E-state index in [0.717, 1.165) is 6.54 Å². The van der Waals surface area contributed by atoms with Gasteiger partial charge >= 0.3 is 0 Å². The molecular formula is C12H11Cl2N3O2. The van der Waals surface area contributed by atoms with Crippen LogP contribution in [-0.4, -0.2) is 29.8 Å². The molecule has 0 spiro atoms. The summed E-state index contributed by atoms with van der Waals surface area (Å²) in [5.74, 6) is 0.909. The van der Waals surface area contributed by atoms with Gasteiger partial charge in [0.1, 0.15) is 6.10 Å². The molecular weight excluding hydrogens is 289 g/mol. The molecule has 0 amide bonds. The van der Waals surface area contributed by atoms with Gasteiger partial charge in [-0.2, -0.15) is 4.98 Å². The van der Waals surface area contributed by atoms with E-state index in [1.54, 1.807) is 18.2 Å². The number of nitrogens with zero attached hydrogens (tertiary/aromatic N) is 2. The average molecular weight is 300 g/mol. The van der Waals surface area contributed by atoms with Gasteiger partial charge < -0.3 is 14.6 Å². The van der Waals surface area contributed by atoms with E-state index in [9.17, 15) is 0 Å². The van der Waals surface area contributed by atoms with E-state index in [-0.39, 0.29) is 6.10 Å². The fraction of sp³-hybridized carbons (Fsp3) is 0.333. The Morgan fingerprint density at radius 3 is 2.68 bits per heavy atom. The van der Waals surface area contributed by atoms with Crippen LogP contribution in [0.4, 0.5) is 0 Å². The van der Waals surface area contributed by atoms with Gasteiger partial charge in [0, 0.05) is 28.7 Å². The van der Waals surface area contributed by atoms with Crippen molar-refractivity contribution in [3.63, 3.8) is 0 Å². The molecule has 7 heteroatoms. The first-order chi connectivity index (χ1) is 9.22. The zero-order valence-corrected chi connectivity index (χ0v) is 11.4. The van der Waals surface area contributed by atoms with Gasteiger partial charge in [-0.05, 0) is 18.2 Å². The zero-order chi connectivity index (χ0) is 13.2. The maximum Gasteiger partial charge on any atom is 0.258 e. The van der Waals surface area contributed by atoms with Crippen LogP contribution >= 0.6 is 23.2 Å². The third-order valence-electron chi connectivity index (χ3n) is 2.77. The molecule has 2 heterocycles. The molecule has 1 atom stereocenters. The Labute approximate surface area is 119 Å². The lowest BCUT2D eigenvalue weighted by atomic mass is 10.2. The summed E-state index contributed by atoms with van der Waals surface area (Å²) < 4.78 is 10.8. The summed E-state index contributed by atoms with van der Waals surface area (Å²) in [5, 5.41) is 8.20. The molecule has 2 aromatic rings. The molecule has 19 heavy (non-hydrogen) atoms. The second-order valence-electron chi connectivity index (χ2n) is 4.18. The fourth-order valence-electron chi connectivity index (χ4n) is 1.89. The predicted molar refractivity (Wildman–Crippen MR) is 71.3 cm³/mol. The van der Waals surface area contributed by atoms with Gasteiger partial charge in [-0.25, -0.2) is 0 Å². The highest BCUT2D eigenvalue weighted by Crippen LogP contribution is 2.27. The van der Waals surface area contributed by atoms with Gasteiger partial charge in [-0.3, -0.25) is 0 Å². The molecule has 0 bridgehead atoms. The van der Waals surface area contributed by atoms with E-state index >= 15 is 0 Å². The summed E-state index contributed by atoms with van der Waals surface area (Å²) in [7, 11) is 0. The Morgan fingerprint density at radius 2 is 2.00 bits per heavy atom. The molecule has 1 unspecified atom stereocenters. The first-order valence-electron chi connectivity index (χ1n) is 5.85. The molecule has 0 radical (unpaired) electrons. The molecule has 1 fully saturated rings. The van der Waals surface area contributed by atoms with Crippen molar-refractivity contribution >= 4 is 23.2 Å². The van der Waals surface area contributed by atoms with Crippen molar-refractivity contribution in [3.05, 3.63) is 34.1 Å². The van der Waals surface area contributed by atoms with Crippen LogP contribution in [0.25, 0.3) is 11.5 Å². The Kier molecular flexibility index (Phi) is 3.70. The first-order valence-corrected chi connectivity index (χ1v) is 6.60. The minimum absolute atomic E-state index is 0.180. The van der Waals surface area contributed by atoms with E-state index in [2.05, 4.69) is 15.5 Å². The monoisotopic (exact) mass is 299 g/mol. The number of nitrogens with one attached hydrogen (secondary N) is 1. The molecule has 1 aliphatic heterocycles. The smallest absolute Gasteiger partial charge is 0.258 e. The number of ether oxygens (including phenoxy) is 1. The molecule has 0 saturated carbocycles. The summed E-state index contributed by atoms with van der Waals surface area (Å²) in [5.41, 5.74) is 0.694. The number of benzene rings is 1. The Bertz CT molecular complexity index is 562. The zero-order valence-electron chi connectivity index (χ0n) is 9.90. The molecule has 1 saturated heterocycles. The quantitative estimate of drug-likeness (QED) is 0.924. The lowest BCUT2D eigenvalue weighted by Crippen LogP contribution is -2.33. The number of hydrogen-bond acceptors (Lipinski definition) is 5. The number of aromatic nitrogens is 2. The minimum Gasteiger partial charge on any atom is -0.367 e. The van der Waals surface area contributed by atoms with Crippen molar-refractivity contribution in [1.82, 2.24) is 15.5 Å². The second kappa shape index (κ2) is 5.46. The molecule has 0 aliphatic carbocycles. The van der Waals surface area contributed by atoms with Crippen molar-refractivity contribution in [1.29, 1.82) is 0 Å². The van der Waals surface area contributed by atoms with Gasteiger partial charge in [0.05, 0.1) is 6.61 Å². The predicted octanol–water partition coefficient (Wildman–Crippen LogP) is 2.70. The molecule has 5 nitrogen and oxygen atoms in total. The summed E-state index contributed by atoms with van der Waals surface area (Å²) in [6.07, 6.45) is -0.180. The van der Waals surface area contributed by atoms with Crippen LogP contribution in [0.1, 0.15) is 11.9 Å². The van der Waals surface area contributed by atoms with Crippen molar-refractivity contribution < 1.29 is 9.26 Å². The molecule has 100 valence electrons. The number of hydrogen-bond donors (Lipinski definition) is 1. The fourth-order valence-corrected chi connectivity index (χ4v) is 2.42. The molecule has 1 aromatic carbocycles. The molecule has 1 N–H and O–H groups in total.